The average molecular weight is 314 g/mol. The van der Waals surface area contributed by atoms with Crippen molar-refractivity contribution in [3.63, 3.8) is 0 Å². The molecule has 2 rings (SSSR count). The van der Waals surface area contributed by atoms with Crippen molar-refractivity contribution in [1.29, 1.82) is 0 Å². The summed E-state index contributed by atoms with van der Waals surface area (Å²) in [5.74, 6) is 0.399. The van der Waals surface area contributed by atoms with E-state index in [0.717, 1.165) is 12.8 Å². The van der Waals surface area contributed by atoms with Crippen molar-refractivity contribution in [3.05, 3.63) is 11.4 Å². The average Bonchev–Trinajstić information content (AvgIpc) is 2.68. The van der Waals surface area contributed by atoms with Crippen LogP contribution in [0.2, 0.25) is 0 Å². The third-order valence-electron chi connectivity index (χ3n) is 4.28. The molecule has 1 saturated heterocycles. The second-order valence-corrected chi connectivity index (χ2v) is 7.95. The maximum Gasteiger partial charge on any atom is 0.246 e. The molecule has 1 aliphatic heterocycles. The fourth-order valence-electron chi connectivity index (χ4n) is 3.09. The minimum absolute atomic E-state index is 0.0443. The first-order valence-electron chi connectivity index (χ1n) is 7.55. The second-order valence-electron chi connectivity index (χ2n) is 6.12. The molecule has 0 saturated carbocycles. The van der Waals surface area contributed by atoms with E-state index in [-0.39, 0.29) is 6.04 Å². The quantitative estimate of drug-likeness (QED) is 0.907. The van der Waals surface area contributed by atoms with Crippen LogP contribution < -0.4 is 5.73 Å². The Balaban J connectivity index is 2.44. The summed E-state index contributed by atoms with van der Waals surface area (Å²) in [6.07, 6.45) is 1.99. The van der Waals surface area contributed by atoms with Crippen LogP contribution in [-0.2, 0) is 16.6 Å². The summed E-state index contributed by atoms with van der Waals surface area (Å²) in [5.41, 5.74) is 6.81. The summed E-state index contributed by atoms with van der Waals surface area (Å²) in [5, 5.41) is 4.34. The Bertz CT molecular complexity index is 609. The number of nitrogens with two attached hydrogens (primary N) is 1. The zero-order valence-corrected chi connectivity index (χ0v) is 14.2. The van der Waals surface area contributed by atoms with E-state index >= 15 is 0 Å². The van der Waals surface area contributed by atoms with Gasteiger partial charge >= 0.3 is 0 Å². The van der Waals surface area contributed by atoms with E-state index in [1.807, 2.05) is 6.92 Å². The predicted octanol–water partition coefficient (Wildman–Crippen LogP) is 1.27. The molecule has 21 heavy (non-hydrogen) atoms. The fraction of sp³-hybridized carbons (Fsp3) is 0.786. The van der Waals surface area contributed by atoms with Gasteiger partial charge in [-0.2, -0.15) is 9.40 Å². The molecular formula is C14H26N4O2S. The van der Waals surface area contributed by atoms with Gasteiger partial charge in [0.05, 0.1) is 17.9 Å². The number of rotatable bonds is 4. The number of sulfonamides is 1. The molecule has 1 aliphatic rings. The zero-order valence-electron chi connectivity index (χ0n) is 13.3. The Morgan fingerprint density at radius 1 is 1.29 bits per heavy atom. The molecule has 0 bridgehead atoms. The third-order valence-corrected chi connectivity index (χ3v) is 6.52. The topological polar surface area (TPSA) is 81.2 Å². The summed E-state index contributed by atoms with van der Waals surface area (Å²) in [4.78, 5) is 0.358. The lowest BCUT2D eigenvalue weighted by molar-refractivity contribution is 0.218. The molecule has 0 aromatic carbocycles. The largest absolute Gasteiger partial charge is 0.329 e. The number of hydrogen-bond acceptors (Lipinski definition) is 4. The summed E-state index contributed by atoms with van der Waals surface area (Å²) in [7, 11) is -3.49. The van der Waals surface area contributed by atoms with Crippen LogP contribution in [0.4, 0.5) is 0 Å². The molecule has 2 heterocycles. The highest BCUT2D eigenvalue weighted by atomic mass is 32.2. The van der Waals surface area contributed by atoms with Crippen LogP contribution in [0.3, 0.4) is 0 Å². The van der Waals surface area contributed by atoms with E-state index < -0.39 is 10.0 Å². The van der Waals surface area contributed by atoms with Crippen molar-refractivity contribution in [1.82, 2.24) is 14.1 Å². The van der Waals surface area contributed by atoms with Gasteiger partial charge in [0, 0.05) is 19.1 Å². The first kappa shape index (κ1) is 16.5. The normalized spacial score (nSPS) is 24.4. The minimum Gasteiger partial charge on any atom is -0.329 e. The van der Waals surface area contributed by atoms with Crippen LogP contribution in [0.1, 0.15) is 38.1 Å². The molecule has 0 aliphatic carbocycles. The van der Waals surface area contributed by atoms with E-state index in [9.17, 15) is 8.42 Å². The summed E-state index contributed by atoms with van der Waals surface area (Å²) in [6, 6.07) is 0.0443. The van der Waals surface area contributed by atoms with Gasteiger partial charge in [0.2, 0.25) is 10.0 Å². The van der Waals surface area contributed by atoms with Gasteiger partial charge in [-0.25, -0.2) is 8.42 Å². The number of nitrogens with zero attached hydrogens (tertiary/aromatic N) is 3. The number of aromatic nitrogens is 2. The Morgan fingerprint density at radius 3 is 2.57 bits per heavy atom. The van der Waals surface area contributed by atoms with Crippen LogP contribution >= 0.6 is 0 Å². The lowest BCUT2D eigenvalue weighted by atomic mass is 9.97. The zero-order chi connectivity index (χ0) is 15.8. The van der Waals surface area contributed by atoms with Gasteiger partial charge in [-0.1, -0.05) is 6.92 Å². The van der Waals surface area contributed by atoms with Gasteiger partial charge in [-0.05, 0) is 39.5 Å². The molecular weight excluding hydrogens is 288 g/mol. The summed E-state index contributed by atoms with van der Waals surface area (Å²) >= 11 is 0. The van der Waals surface area contributed by atoms with Crippen LogP contribution in [0.25, 0.3) is 0 Å². The molecule has 2 atom stereocenters. The lowest BCUT2D eigenvalue weighted by Crippen LogP contribution is -2.45. The van der Waals surface area contributed by atoms with E-state index in [1.54, 1.807) is 22.8 Å². The highest BCUT2D eigenvalue weighted by Gasteiger charge is 2.36. The van der Waals surface area contributed by atoms with Gasteiger partial charge < -0.3 is 5.73 Å². The molecule has 1 aromatic heterocycles. The van der Waals surface area contributed by atoms with Crippen molar-refractivity contribution < 1.29 is 8.42 Å². The highest BCUT2D eigenvalue weighted by Crippen LogP contribution is 2.30. The van der Waals surface area contributed by atoms with Gasteiger partial charge in [0.15, 0.2) is 0 Å². The van der Waals surface area contributed by atoms with Gasteiger partial charge in [0.25, 0.3) is 0 Å². The van der Waals surface area contributed by atoms with Crippen LogP contribution in [0.15, 0.2) is 4.90 Å². The van der Waals surface area contributed by atoms with Crippen molar-refractivity contribution >= 4 is 10.0 Å². The van der Waals surface area contributed by atoms with Gasteiger partial charge in [-0.3, -0.25) is 4.68 Å². The molecule has 1 fully saturated rings. The Morgan fingerprint density at radius 2 is 1.95 bits per heavy atom. The Hall–Kier alpha value is -0.920. The monoisotopic (exact) mass is 314 g/mol. The first-order chi connectivity index (χ1) is 9.78. The van der Waals surface area contributed by atoms with Crippen molar-refractivity contribution in [2.75, 3.05) is 13.1 Å². The Labute approximate surface area is 127 Å². The van der Waals surface area contributed by atoms with Crippen molar-refractivity contribution in [2.24, 2.45) is 11.7 Å². The number of hydrogen-bond donors (Lipinski definition) is 1. The number of piperidine rings is 1. The first-order valence-corrected chi connectivity index (χ1v) is 8.99. The fourth-order valence-corrected chi connectivity index (χ4v) is 5.25. The lowest BCUT2D eigenvalue weighted by Gasteiger charge is -2.35. The standard InChI is InChI=1S/C14H26N4O2S/c1-10-5-6-11(2)18(9-10)21(19,20)14-12(3)16-17(8-7-15)13(14)4/h10-11H,5-9,15H2,1-4H3. The van der Waals surface area contributed by atoms with E-state index in [1.165, 1.54) is 0 Å². The molecule has 6 nitrogen and oxygen atoms in total. The van der Waals surface area contributed by atoms with Gasteiger partial charge in [-0.15, -0.1) is 0 Å². The maximum absolute atomic E-state index is 13.0. The van der Waals surface area contributed by atoms with E-state index in [4.69, 9.17) is 5.73 Å². The molecule has 2 N–H and O–H groups in total. The van der Waals surface area contributed by atoms with Crippen molar-refractivity contribution in [2.45, 2.75) is 58.0 Å². The smallest absolute Gasteiger partial charge is 0.246 e. The maximum atomic E-state index is 13.0. The number of aryl methyl sites for hydroxylation is 1. The molecule has 1 aromatic rings. The molecule has 120 valence electrons. The molecule has 0 radical (unpaired) electrons. The second kappa shape index (κ2) is 6.06. The highest BCUT2D eigenvalue weighted by molar-refractivity contribution is 7.89. The molecule has 2 unspecified atom stereocenters. The Kier molecular flexibility index (Phi) is 4.75. The molecule has 0 amide bonds. The SMILES string of the molecule is Cc1nn(CCN)c(C)c1S(=O)(=O)N1CC(C)CCC1C. The summed E-state index contributed by atoms with van der Waals surface area (Å²) < 4.78 is 29.4. The molecule has 7 heteroatoms. The summed E-state index contributed by atoms with van der Waals surface area (Å²) in [6.45, 7) is 9.22. The predicted molar refractivity (Wildman–Crippen MR) is 82.5 cm³/mol. The van der Waals surface area contributed by atoms with E-state index in [0.29, 0.717) is 41.8 Å². The van der Waals surface area contributed by atoms with Gasteiger partial charge in [0.1, 0.15) is 4.90 Å². The van der Waals surface area contributed by atoms with E-state index in [2.05, 4.69) is 12.0 Å². The van der Waals surface area contributed by atoms with Crippen LogP contribution in [-0.4, -0.2) is 41.6 Å². The van der Waals surface area contributed by atoms with Crippen LogP contribution in [0.5, 0.6) is 0 Å². The van der Waals surface area contributed by atoms with Crippen molar-refractivity contribution in [3.8, 4) is 0 Å². The van der Waals surface area contributed by atoms with Crippen LogP contribution in [0, 0.1) is 19.8 Å². The minimum atomic E-state index is -3.49. The molecule has 0 spiro atoms. The third kappa shape index (κ3) is 3.00.